The molecule has 2 aromatic rings. The van der Waals surface area contributed by atoms with Crippen LogP contribution in [-0.2, 0) is 5.41 Å². The summed E-state index contributed by atoms with van der Waals surface area (Å²) >= 11 is 1.50. The van der Waals surface area contributed by atoms with Crippen molar-refractivity contribution in [3.63, 3.8) is 0 Å². The Morgan fingerprint density at radius 3 is 2.50 bits per heavy atom. The van der Waals surface area contributed by atoms with Crippen molar-refractivity contribution in [3.8, 4) is 0 Å². The van der Waals surface area contributed by atoms with Gasteiger partial charge in [0.2, 0.25) is 5.13 Å². The van der Waals surface area contributed by atoms with E-state index in [1.807, 2.05) is 0 Å². The lowest BCUT2D eigenvalue weighted by molar-refractivity contribution is 0.455. The van der Waals surface area contributed by atoms with Crippen LogP contribution in [0.3, 0.4) is 0 Å². The van der Waals surface area contributed by atoms with Crippen LogP contribution in [0.15, 0.2) is 30.3 Å². The molecule has 0 unspecified atom stereocenters. The molecule has 0 amide bonds. The van der Waals surface area contributed by atoms with Crippen LogP contribution in [-0.4, -0.2) is 15.4 Å². The zero-order valence-corrected chi connectivity index (χ0v) is 12.9. The van der Waals surface area contributed by atoms with Crippen LogP contribution in [0.2, 0.25) is 0 Å². The molecular formula is C16H21N3S. The Morgan fingerprint density at radius 2 is 1.90 bits per heavy atom. The minimum absolute atomic E-state index is 0.0543. The smallest absolute Gasteiger partial charge is 0.202 e. The van der Waals surface area contributed by atoms with Crippen LogP contribution in [0.5, 0.6) is 0 Å². The minimum atomic E-state index is -0.0543. The van der Waals surface area contributed by atoms with E-state index in [2.05, 4.69) is 53.9 Å². The Morgan fingerprint density at radius 1 is 1.20 bits per heavy atom. The molecule has 1 saturated carbocycles. The summed E-state index contributed by atoms with van der Waals surface area (Å²) in [7, 11) is 0. The quantitative estimate of drug-likeness (QED) is 0.864. The van der Waals surface area contributed by atoms with Crippen molar-refractivity contribution in [3.05, 3.63) is 41.7 Å². The summed E-state index contributed by atoms with van der Waals surface area (Å²) in [6.45, 7) is 4.46. The molecule has 0 atom stereocenters. The fourth-order valence-corrected chi connectivity index (χ4v) is 3.47. The van der Waals surface area contributed by atoms with Gasteiger partial charge < -0.3 is 5.32 Å². The van der Waals surface area contributed by atoms with E-state index in [4.69, 9.17) is 4.98 Å². The van der Waals surface area contributed by atoms with E-state index in [0.29, 0.717) is 6.04 Å². The van der Waals surface area contributed by atoms with E-state index in [0.717, 1.165) is 23.8 Å². The highest BCUT2D eigenvalue weighted by atomic mass is 32.1. The molecule has 1 fully saturated rings. The predicted octanol–water partition coefficient (Wildman–Crippen LogP) is 4.22. The SMILES string of the molecule is CCC(CC)(c1ccccc1)c1nsc(NC2CC2)n1. The number of anilines is 1. The van der Waals surface area contributed by atoms with Crippen LogP contribution < -0.4 is 5.32 Å². The van der Waals surface area contributed by atoms with Crippen molar-refractivity contribution in [1.29, 1.82) is 0 Å². The second-order valence-electron chi connectivity index (χ2n) is 5.50. The van der Waals surface area contributed by atoms with Gasteiger partial charge in [-0.2, -0.15) is 4.37 Å². The van der Waals surface area contributed by atoms with E-state index in [1.165, 1.54) is 29.9 Å². The number of benzene rings is 1. The molecule has 0 radical (unpaired) electrons. The Hall–Kier alpha value is -1.42. The third-order valence-electron chi connectivity index (χ3n) is 4.29. The fourth-order valence-electron chi connectivity index (χ4n) is 2.74. The van der Waals surface area contributed by atoms with Gasteiger partial charge in [0.15, 0.2) is 5.82 Å². The van der Waals surface area contributed by atoms with Crippen molar-refractivity contribution in [1.82, 2.24) is 9.36 Å². The highest BCUT2D eigenvalue weighted by Crippen LogP contribution is 2.38. The van der Waals surface area contributed by atoms with Crippen LogP contribution in [0.4, 0.5) is 5.13 Å². The molecule has 1 aromatic heterocycles. The highest BCUT2D eigenvalue weighted by Gasteiger charge is 2.35. The maximum Gasteiger partial charge on any atom is 0.202 e. The number of nitrogens with zero attached hydrogens (tertiary/aromatic N) is 2. The standard InChI is InChI=1S/C16H21N3S/c1-3-16(4-2,12-8-6-5-7-9-12)14-18-15(20-19-14)17-13-10-11-13/h5-9,13H,3-4,10-11H2,1-2H3,(H,17,18,19). The predicted molar refractivity (Wildman–Crippen MR) is 84.4 cm³/mol. The summed E-state index contributed by atoms with van der Waals surface area (Å²) in [6, 6.07) is 11.3. The largest absolute Gasteiger partial charge is 0.358 e. The average molecular weight is 287 g/mol. The van der Waals surface area contributed by atoms with Crippen LogP contribution in [0.25, 0.3) is 0 Å². The Balaban J connectivity index is 1.94. The first kappa shape index (κ1) is 13.6. The molecule has 3 nitrogen and oxygen atoms in total. The Labute approximate surface area is 124 Å². The van der Waals surface area contributed by atoms with Gasteiger partial charge in [-0.3, -0.25) is 0 Å². The summed E-state index contributed by atoms with van der Waals surface area (Å²) in [5.41, 5.74) is 1.27. The second kappa shape index (κ2) is 5.52. The van der Waals surface area contributed by atoms with Crippen LogP contribution in [0, 0.1) is 0 Å². The number of hydrogen-bond acceptors (Lipinski definition) is 4. The Kier molecular flexibility index (Phi) is 3.74. The first-order valence-electron chi connectivity index (χ1n) is 7.44. The van der Waals surface area contributed by atoms with Crippen molar-refractivity contribution in [2.24, 2.45) is 0 Å². The molecule has 106 valence electrons. The molecule has 1 N–H and O–H groups in total. The molecule has 0 bridgehead atoms. The van der Waals surface area contributed by atoms with Crippen molar-refractivity contribution < 1.29 is 0 Å². The molecule has 1 aliphatic carbocycles. The zero-order chi connectivity index (χ0) is 14.0. The van der Waals surface area contributed by atoms with Gasteiger partial charge in [-0.15, -0.1) is 0 Å². The number of rotatable bonds is 6. The van der Waals surface area contributed by atoms with E-state index in [9.17, 15) is 0 Å². The third-order valence-corrected chi connectivity index (χ3v) is 4.94. The molecule has 1 aliphatic rings. The molecule has 1 heterocycles. The topological polar surface area (TPSA) is 37.8 Å². The first-order chi connectivity index (χ1) is 9.78. The number of nitrogens with one attached hydrogen (secondary N) is 1. The lowest BCUT2D eigenvalue weighted by atomic mass is 9.75. The number of aromatic nitrogens is 2. The molecule has 0 spiro atoms. The maximum atomic E-state index is 4.78. The maximum absolute atomic E-state index is 4.78. The van der Waals surface area contributed by atoms with Gasteiger partial charge in [0, 0.05) is 17.6 Å². The molecule has 0 saturated heterocycles. The van der Waals surface area contributed by atoms with Gasteiger partial charge >= 0.3 is 0 Å². The van der Waals surface area contributed by atoms with Crippen LogP contribution >= 0.6 is 11.5 Å². The normalized spacial score (nSPS) is 15.3. The van der Waals surface area contributed by atoms with Crippen molar-refractivity contribution in [2.45, 2.75) is 51.0 Å². The van der Waals surface area contributed by atoms with Crippen molar-refractivity contribution >= 4 is 16.7 Å². The fraction of sp³-hybridized carbons (Fsp3) is 0.500. The first-order valence-corrected chi connectivity index (χ1v) is 8.22. The summed E-state index contributed by atoms with van der Waals surface area (Å²) in [4.78, 5) is 4.78. The Bertz CT molecular complexity index is 556. The van der Waals surface area contributed by atoms with Gasteiger partial charge in [-0.05, 0) is 31.2 Å². The van der Waals surface area contributed by atoms with Crippen LogP contribution in [0.1, 0.15) is 50.9 Å². The molecule has 20 heavy (non-hydrogen) atoms. The van der Waals surface area contributed by atoms with Gasteiger partial charge in [0.25, 0.3) is 0 Å². The summed E-state index contributed by atoms with van der Waals surface area (Å²) < 4.78 is 4.66. The van der Waals surface area contributed by atoms with Gasteiger partial charge in [0.1, 0.15) is 0 Å². The lowest BCUT2D eigenvalue weighted by Gasteiger charge is -2.29. The summed E-state index contributed by atoms with van der Waals surface area (Å²) in [5.74, 6) is 0.974. The van der Waals surface area contributed by atoms with Gasteiger partial charge in [0.05, 0.1) is 5.41 Å². The van der Waals surface area contributed by atoms with Crippen molar-refractivity contribution in [2.75, 3.05) is 5.32 Å². The highest BCUT2D eigenvalue weighted by molar-refractivity contribution is 7.09. The summed E-state index contributed by atoms with van der Waals surface area (Å²) in [6.07, 6.45) is 4.57. The molecule has 4 heteroatoms. The molecule has 1 aromatic carbocycles. The average Bonchev–Trinajstić information content (AvgIpc) is 3.19. The zero-order valence-electron chi connectivity index (χ0n) is 12.1. The van der Waals surface area contributed by atoms with Gasteiger partial charge in [-0.1, -0.05) is 44.2 Å². The molecule has 0 aliphatic heterocycles. The third kappa shape index (κ3) is 2.44. The summed E-state index contributed by atoms with van der Waals surface area (Å²) in [5, 5.41) is 4.43. The van der Waals surface area contributed by atoms with E-state index in [1.54, 1.807) is 0 Å². The minimum Gasteiger partial charge on any atom is -0.358 e. The van der Waals surface area contributed by atoms with E-state index >= 15 is 0 Å². The molecule has 3 rings (SSSR count). The van der Waals surface area contributed by atoms with Gasteiger partial charge in [-0.25, -0.2) is 4.98 Å². The monoisotopic (exact) mass is 287 g/mol. The second-order valence-corrected chi connectivity index (χ2v) is 6.25. The molecular weight excluding hydrogens is 266 g/mol. The lowest BCUT2D eigenvalue weighted by Crippen LogP contribution is -2.27. The van der Waals surface area contributed by atoms with E-state index < -0.39 is 0 Å². The number of hydrogen-bond donors (Lipinski definition) is 1. The van der Waals surface area contributed by atoms with E-state index in [-0.39, 0.29) is 5.41 Å².